The lowest BCUT2D eigenvalue weighted by Gasteiger charge is -2.27. The molecule has 90 valence electrons. The van der Waals surface area contributed by atoms with Gasteiger partial charge >= 0.3 is 6.09 Å². The first-order chi connectivity index (χ1) is 7.37. The van der Waals surface area contributed by atoms with Gasteiger partial charge < -0.3 is 9.64 Å². The highest BCUT2D eigenvalue weighted by Gasteiger charge is 2.36. The van der Waals surface area contributed by atoms with E-state index in [1.165, 1.54) is 0 Å². The second-order valence-corrected chi connectivity index (χ2v) is 5.26. The van der Waals surface area contributed by atoms with Crippen LogP contribution in [-0.4, -0.2) is 29.2 Å². The van der Waals surface area contributed by atoms with Crippen molar-refractivity contribution in [1.82, 2.24) is 4.90 Å². The van der Waals surface area contributed by atoms with Crippen LogP contribution in [0.25, 0.3) is 0 Å². The summed E-state index contributed by atoms with van der Waals surface area (Å²) in [6.45, 7) is 8.09. The van der Waals surface area contributed by atoms with Crippen molar-refractivity contribution in [2.24, 2.45) is 5.92 Å². The zero-order valence-corrected chi connectivity index (χ0v) is 10.5. The van der Waals surface area contributed by atoms with Gasteiger partial charge in [-0.3, -0.25) is 0 Å². The Morgan fingerprint density at radius 3 is 2.62 bits per heavy atom. The lowest BCUT2D eigenvalue weighted by molar-refractivity contribution is 0.0221. The van der Waals surface area contributed by atoms with E-state index in [1.54, 1.807) is 4.90 Å². The summed E-state index contributed by atoms with van der Waals surface area (Å²) >= 11 is 0. The van der Waals surface area contributed by atoms with Crippen molar-refractivity contribution in [2.45, 2.75) is 52.2 Å². The summed E-state index contributed by atoms with van der Waals surface area (Å²) in [5, 5.41) is 8.88. The largest absolute Gasteiger partial charge is 0.444 e. The van der Waals surface area contributed by atoms with E-state index in [0.29, 0.717) is 6.54 Å². The quantitative estimate of drug-likeness (QED) is 0.687. The van der Waals surface area contributed by atoms with Gasteiger partial charge in [-0.05, 0) is 33.6 Å². The topological polar surface area (TPSA) is 53.3 Å². The normalized spacial score (nSPS) is 25.3. The molecule has 1 rings (SSSR count). The number of hydrogen-bond acceptors (Lipinski definition) is 3. The number of ether oxygens (including phenoxy) is 1. The predicted octanol–water partition coefficient (Wildman–Crippen LogP) is 2.55. The first-order valence-electron chi connectivity index (χ1n) is 5.76. The van der Waals surface area contributed by atoms with Crippen LogP contribution >= 0.6 is 0 Å². The van der Waals surface area contributed by atoms with Gasteiger partial charge in [-0.15, -0.1) is 0 Å². The lowest BCUT2D eigenvalue weighted by atomic mass is 10.1. The van der Waals surface area contributed by atoms with Crippen LogP contribution in [0.15, 0.2) is 0 Å². The first kappa shape index (κ1) is 12.8. The maximum atomic E-state index is 11.9. The molecule has 1 saturated heterocycles. The second kappa shape index (κ2) is 4.73. The monoisotopic (exact) mass is 224 g/mol. The summed E-state index contributed by atoms with van der Waals surface area (Å²) < 4.78 is 5.32. The van der Waals surface area contributed by atoms with Crippen molar-refractivity contribution in [2.75, 3.05) is 6.54 Å². The summed E-state index contributed by atoms with van der Waals surface area (Å²) in [6, 6.07) is 2.38. The Labute approximate surface area is 97.2 Å². The molecule has 4 nitrogen and oxygen atoms in total. The summed E-state index contributed by atoms with van der Waals surface area (Å²) in [4.78, 5) is 13.6. The highest BCUT2D eigenvalue weighted by molar-refractivity contribution is 5.69. The van der Waals surface area contributed by atoms with Gasteiger partial charge in [0, 0.05) is 12.6 Å². The lowest BCUT2D eigenvalue weighted by Crippen LogP contribution is -2.39. The third kappa shape index (κ3) is 3.13. The minimum absolute atomic E-state index is 0.0440. The molecule has 1 aliphatic heterocycles. The number of nitrogens with zero attached hydrogens (tertiary/aromatic N) is 2. The summed E-state index contributed by atoms with van der Waals surface area (Å²) in [7, 11) is 0. The van der Waals surface area contributed by atoms with Gasteiger partial charge in [-0.1, -0.05) is 6.92 Å². The Balaban J connectivity index is 2.65. The molecule has 1 amide bonds. The van der Waals surface area contributed by atoms with Crippen LogP contribution in [0, 0.1) is 17.2 Å². The van der Waals surface area contributed by atoms with Crippen LogP contribution in [0.1, 0.15) is 40.5 Å². The van der Waals surface area contributed by atoms with Crippen LogP contribution in [0.2, 0.25) is 0 Å². The maximum absolute atomic E-state index is 11.9. The number of hydrogen-bond donors (Lipinski definition) is 0. The molecule has 0 aromatic heterocycles. The number of amides is 1. The predicted molar refractivity (Wildman–Crippen MR) is 60.7 cm³/mol. The van der Waals surface area contributed by atoms with Crippen molar-refractivity contribution >= 4 is 6.09 Å². The van der Waals surface area contributed by atoms with Crippen molar-refractivity contribution in [1.29, 1.82) is 5.26 Å². The van der Waals surface area contributed by atoms with E-state index in [0.717, 1.165) is 12.8 Å². The van der Waals surface area contributed by atoms with E-state index in [1.807, 2.05) is 27.7 Å². The Kier molecular flexibility index (Phi) is 3.79. The van der Waals surface area contributed by atoms with E-state index in [2.05, 4.69) is 6.07 Å². The minimum Gasteiger partial charge on any atom is -0.444 e. The standard InChI is InChI=1S/C12H20N2O2/c1-5-10-6-9(7-13)8-14(10)11(15)16-12(2,3)4/h9-10H,5-6,8H2,1-4H3/t9-,10+/m0/s1. The molecule has 1 aliphatic rings. The van der Waals surface area contributed by atoms with E-state index < -0.39 is 5.60 Å². The Morgan fingerprint density at radius 2 is 2.19 bits per heavy atom. The van der Waals surface area contributed by atoms with Gasteiger partial charge in [0.15, 0.2) is 0 Å². The molecule has 1 heterocycles. The number of nitriles is 1. The Morgan fingerprint density at radius 1 is 1.56 bits per heavy atom. The van der Waals surface area contributed by atoms with E-state index in [9.17, 15) is 4.79 Å². The van der Waals surface area contributed by atoms with Crippen LogP contribution in [0.4, 0.5) is 4.79 Å². The molecule has 0 saturated carbocycles. The zero-order valence-electron chi connectivity index (χ0n) is 10.5. The molecule has 0 bridgehead atoms. The third-order valence-corrected chi connectivity index (χ3v) is 2.70. The smallest absolute Gasteiger partial charge is 0.410 e. The first-order valence-corrected chi connectivity index (χ1v) is 5.76. The molecule has 0 aliphatic carbocycles. The Bertz CT molecular complexity index is 301. The fourth-order valence-electron chi connectivity index (χ4n) is 1.94. The number of rotatable bonds is 1. The molecular weight excluding hydrogens is 204 g/mol. The molecule has 0 radical (unpaired) electrons. The molecule has 0 aromatic rings. The average Bonchev–Trinajstić information content (AvgIpc) is 2.58. The van der Waals surface area contributed by atoms with Gasteiger partial charge in [0.2, 0.25) is 0 Å². The SMILES string of the molecule is CC[C@@H]1C[C@@H](C#N)CN1C(=O)OC(C)(C)C. The average molecular weight is 224 g/mol. The highest BCUT2D eigenvalue weighted by atomic mass is 16.6. The van der Waals surface area contributed by atoms with Gasteiger partial charge in [-0.25, -0.2) is 4.79 Å². The van der Waals surface area contributed by atoms with Crippen LogP contribution < -0.4 is 0 Å². The molecule has 0 spiro atoms. The third-order valence-electron chi connectivity index (χ3n) is 2.70. The molecule has 1 fully saturated rings. The summed E-state index contributed by atoms with van der Waals surface area (Å²) in [6.07, 6.45) is 1.35. The highest BCUT2D eigenvalue weighted by Crippen LogP contribution is 2.26. The van der Waals surface area contributed by atoms with Crippen molar-refractivity contribution in [3.63, 3.8) is 0 Å². The van der Waals surface area contributed by atoms with Crippen molar-refractivity contribution < 1.29 is 9.53 Å². The van der Waals surface area contributed by atoms with Gasteiger partial charge in [0.25, 0.3) is 0 Å². The second-order valence-electron chi connectivity index (χ2n) is 5.26. The van der Waals surface area contributed by atoms with Crippen LogP contribution in [0.3, 0.4) is 0 Å². The summed E-state index contributed by atoms with van der Waals surface area (Å²) in [5.41, 5.74) is -0.472. The molecule has 0 unspecified atom stereocenters. The van der Waals surface area contributed by atoms with E-state index >= 15 is 0 Å². The molecule has 0 N–H and O–H groups in total. The fourth-order valence-corrected chi connectivity index (χ4v) is 1.94. The van der Waals surface area contributed by atoms with E-state index in [-0.39, 0.29) is 18.1 Å². The van der Waals surface area contributed by atoms with Crippen LogP contribution in [-0.2, 0) is 4.74 Å². The van der Waals surface area contributed by atoms with Gasteiger partial charge in [0.1, 0.15) is 5.60 Å². The maximum Gasteiger partial charge on any atom is 0.410 e. The number of carbonyl (C=O) groups excluding carboxylic acids is 1. The van der Waals surface area contributed by atoms with E-state index in [4.69, 9.17) is 10.00 Å². The van der Waals surface area contributed by atoms with Gasteiger partial charge in [-0.2, -0.15) is 5.26 Å². The molecule has 4 heteroatoms. The number of likely N-dealkylation sites (tertiary alicyclic amines) is 1. The molecule has 0 aromatic carbocycles. The molecule has 16 heavy (non-hydrogen) atoms. The van der Waals surface area contributed by atoms with Crippen molar-refractivity contribution in [3.8, 4) is 6.07 Å². The fraction of sp³-hybridized carbons (Fsp3) is 0.833. The molecule has 2 atom stereocenters. The Hall–Kier alpha value is -1.24. The number of carbonyl (C=O) groups is 1. The minimum atomic E-state index is -0.472. The zero-order chi connectivity index (χ0) is 12.3. The molecular formula is C12H20N2O2. The van der Waals surface area contributed by atoms with Crippen LogP contribution in [0.5, 0.6) is 0 Å². The van der Waals surface area contributed by atoms with Gasteiger partial charge in [0.05, 0.1) is 12.0 Å². The van der Waals surface area contributed by atoms with Crippen molar-refractivity contribution in [3.05, 3.63) is 0 Å². The summed E-state index contributed by atoms with van der Waals surface area (Å²) in [5.74, 6) is -0.0440.